The van der Waals surface area contributed by atoms with Crippen LogP contribution >= 0.6 is 0 Å². The van der Waals surface area contributed by atoms with Crippen LogP contribution in [0.4, 0.5) is 0 Å². The molecule has 2 rings (SSSR count). The second kappa shape index (κ2) is 9.64. The Bertz CT molecular complexity index is 682. The van der Waals surface area contributed by atoms with Crippen LogP contribution < -0.4 is 5.32 Å². The van der Waals surface area contributed by atoms with E-state index in [9.17, 15) is 9.59 Å². The third-order valence-corrected chi connectivity index (χ3v) is 3.82. The van der Waals surface area contributed by atoms with Gasteiger partial charge >= 0.3 is 0 Å². The highest BCUT2D eigenvalue weighted by atomic mass is 16.5. The quantitative estimate of drug-likeness (QED) is 0.706. The summed E-state index contributed by atoms with van der Waals surface area (Å²) in [4.78, 5) is 26.0. The lowest BCUT2D eigenvalue weighted by Crippen LogP contribution is -2.39. The summed E-state index contributed by atoms with van der Waals surface area (Å²) in [6.45, 7) is 1.79. The summed E-state index contributed by atoms with van der Waals surface area (Å²) in [6, 6.07) is 13.6. The molecule has 0 atom stereocenters. The maximum absolute atomic E-state index is 12.6. The number of amides is 2. The van der Waals surface area contributed by atoms with Crippen LogP contribution in [0.15, 0.2) is 48.7 Å². The van der Waals surface area contributed by atoms with Gasteiger partial charge in [-0.2, -0.15) is 0 Å². The molecule has 0 unspecified atom stereocenters. The number of nitrogens with one attached hydrogen (secondary N) is 1. The Hall–Kier alpha value is -2.60. The summed E-state index contributed by atoms with van der Waals surface area (Å²) < 4.78 is 6.83. The Morgan fingerprint density at radius 3 is 2.64 bits per heavy atom. The van der Waals surface area contributed by atoms with Crippen LogP contribution in [0, 0.1) is 0 Å². The molecule has 1 aromatic heterocycles. The van der Waals surface area contributed by atoms with E-state index in [1.807, 2.05) is 47.2 Å². The number of hydrogen-bond acceptors (Lipinski definition) is 3. The molecule has 0 spiro atoms. The molecule has 0 saturated carbocycles. The molecule has 1 heterocycles. The van der Waals surface area contributed by atoms with Gasteiger partial charge in [-0.15, -0.1) is 0 Å². The minimum Gasteiger partial charge on any atom is -0.385 e. The lowest BCUT2D eigenvalue weighted by atomic mass is 10.2. The molecule has 6 heteroatoms. The molecule has 2 amide bonds. The highest BCUT2D eigenvalue weighted by molar-refractivity contribution is 5.95. The van der Waals surface area contributed by atoms with E-state index >= 15 is 0 Å². The van der Waals surface area contributed by atoms with E-state index in [4.69, 9.17) is 4.74 Å². The fraction of sp³-hybridized carbons (Fsp3) is 0.368. The third-order valence-electron chi connectivity index (χ3n) is 3.82. The van der Waals surface area contributed by atoms with Crippen molar-refractivity contribution in [3.8, 4) is 0 Å². The summed E-state index contributed by atoms with van der Waals surface area (Å²) in [6.07, 6.45) is 2.62. The number of carbonyl (C=O) groups excluding carboxylic acids is 2. The molecular weight excluding hydrogens is 318 g/mol. The van der Waals surface area contributed by atoms with Crippen molar-refractivity contribution in [3.05, 3.63) is 59.9 Å². The molecule has 0 fully saturated rings. The highest BCUT2D eigenvalue weighted by Gasteiger charge is 2.18. The number of ether oxygens (including phenoxy) is 1. The molecule has 1 N–H and O–H groups in total. The number of hydrogen-bond donors (Lipinski definition) is 1. The maximum Gasteiger partial charge on any atom is 0.270 e. The van der Waals surface area contributed by atoms with Crippen LogP contribution in [0.5, 0.6) is 0 Å². The Morgan fingerprint density at radius 1 is 1.16 bits per heavy atom. The van der Waals surface area contributed by atoms with Gasteiger partial charge in [-0.3, -0.25) is 9.59 Å². The number of methoxy groups -OCH3 is 1. The van der Waals surface area contributed by atoms with Crippen molar-refractivity contribution < 1.29 is 14.3 Å². The maximum atomic E-state index is 12.6. The SMILES string of the molecule is COCCCNC(=O)CN(C)C(=O)c1cccn1Cc1ccccc1. The van der Waals surface area contributed by atoms with Crippen LogP contribution in [0.1, 0.15) is 22.5 Å². The summed E-state index contributed by atoms with van der Waals surface area (Å²) in [5, 5.41) is 2.78. The first-order valence-electron chi connectivity index (χ1n) is 8.32. The molecule has 1 aromatic carbocycles. The number of aromatic nitrogens is 1. The average Bonchev–Trinajstić information content (AvgIpc) is 3.07. The first-order valence-corrected chi connectivity index (χ1v) is 8.32. The molecule has 0 aliphatic carbocycles. The summed E-state index contributed by atoms with van der Waals surface area (Å²) >= 11 is 0. The second-order valence-electron chi connectivity index (χ2n) is 5.86. The lowest BCUT2D eigenvalue weighted by Gasteiger charge is -2.18. The first-order chi connectivity index (χ1) is 12.1. The molecule has 134 valence electrons. The van der Waals surface area contributed by atoms with Gasteiger partial charge in [-0.25, -0.2) is 0 Å². The monoisotopic (exact) mass is 343 g/mol. The van der Waals surface area contributed by atoms with E-state index in [0.717, 1.165) is 12.0 Å². The van der Waals surface area contributed by atoms with E-state index in [2.05, 4.69) is 5.32 Å². The molecule has 25 heavy (non-hydrogen) atoms. The van der Waals surface area contributed by atoms with E-state index in [1.54, 1.807) is 20.2 Å². The number of benzene rings is 1. The summed E-state index contributed by atoms with van der Waals surface area (Å²) in [5.41, 5.74) is 1.69. The van der Waals surface area contributed by atoms with Crippen molar-refractivity contribution in [2.75, 3.05) is 33.9 Å². The van der Waals surface area contributed by atoms with Crippen molar-refractivity contribution in [1.29, 1.82) is 0 Å². The minimum absolute atomic E-state index is 0.0301. The van der Waals surface area contributed by atoms with Crippen molar-refractivity contribution in [1.82, 2.24) is 14.8 Å². The number of carbonyl (C=O) groups is 2. The van der Waals surface area contributed by atoms with Gasteiger partial charge in [-0.1, -0.05) is 30.3 Å². The van der Waals surface area contributed by atoms with Gasteiger partial charge in [0.1, 0.15) is 5.69 Å². The Labute approximate surface area is 148 Å². The van der Waals surface area contributed by atoms with Crippen LogP contribution in [0.25, 0.3) is 0 Å². The molecule has 0 radical (unpaired) electrons. The van der Waals surface area contributed by atoms with Crippen molar-refractivity contribution in [2.45, 2.75) is 13.0 Å². The zero-order valence-electron chi connectivity index (χ0n) is 14.8. The minimum atomic E-state index is -0.173. The average molecular weight is 343 g/mol. The van der Waals surface area contributed by atoms with Crippen LogP contribution in [-0.4, -0.2) is 55.1 Å². The molecule has 0 bridgehead atoms. The zero-order chi connectivity index (χ0) is 18.1. The van der Waals surface area contributed by atoms with E-state index in [0.29, 0.717) is 25.4 Å². The Kier molecular flexibility index (Phi) is 7.22. The van der Waals surface area contributed by atoms with Crippen LogP contribution in [0.2, 0.25) is 0 Å². The normalized spacial score (nSPS) is 10.5. The Morgan fingerprint density at radius 2 is 1.92 bits per heavy atom. The molecule has 2 aromatic rings. The lowest BCUT2D eigenvalue weighted by molar-refractivity contribution is -0.121. The number of likely N-dealkylation sites (N-methyl/N-ethyl adjacent to an activating group) is 1. The molecule has 0 saturated heterocycles. The summed E-state index contributed by atoms with van der Waals surface area (Å²) in [5.74, 6) is -0.346. The van der Waals surface area contributed by atoms with E-state index < -0.39 is 0 Å². The number of nitrogens with zero attached hydrogens (tertiary/aromatic N) is 2. The smallest absolute Gasteiger partial charge is 0.270 e. The highest BCUT2D eigenvalue weighted by Crippen LogP contribution is 2.10. The molecular formula is C19H25N3O3. The Balaban J connectivity index is 1.91. The van der Waals surface area contributed by atoms with E-state index in [1.165, 1.54) is 4.90 Å². The number of rotatable bonds is 9. The van der Waals surface area contributed by atoms with Gasteiger partial charge in [0.15, 0.2) is 0 Å². The zero-order valence-corrected chi connectivity index (χ0v) is 14.8. The van der Waals surface area contributed by atoms with Crippen molar-refractivity contribution in [2.24, 2.45) is 0 Å². The predicted octanol–water partition coefficient (Wildman–Crippen LogP) is 1.76. The van der Waals surface area contributed by atoms with Gasteiger partial charge in [0.05, 0.1) is 6.54 Å². The van der Waals surface area contributed by atoms with Gasteiger partial charge in [0.2, 0.25) is 5.91 Å². The fourth-order valence-electron chi connectivity index (χ4n) is 2.51. The predicted molar refractivity (Wildman–Crippen MR) is 96.4 cm³/mol. The molecule has 0 aliphatic heterocycles. The van der Waals surface area contributed by atoms with Gasteiger partial charge in [-0.05, 0) is 24.1 Å². The largest absolute Gasteiger partial charge is 0.385 e. The van der Waals surface area contributed by atoms with Crippen LogP contribution in [0.3, 0.4) is 0 Å². The van der Waals surface area contributed by atoms with E-state index in [-0.39, 0.29) is 18.4 Å². The van der Waals surface area contributed by atoms with Crippen LogP contribution in [-0.2, 0) is 16.1 Å². The van der Waals surface area contributed by atoms with Gasteiger partial charge < -0.3 is 19.5 Å². The molecule has 6 nitrogen and oxygen atoms in total. The van der Waals surface area contributed by atoms with Crippen molar-refractivity contribution in [3.63, 3.8) is 0 Å². The first kappa shape index (κ1) is 18.7. The van der Waals surface area contributed by atoms with Gasteiger partial charge in [0.25, 0.3) is 5.91 Å². The second-order valence-corrected chi connectivity index (χ2v) is 5.86. The third kappa shape index (κ3) is 5.76. The topological polar surface area (TPSA) is 63.6 Å². The summed E-state index contributed by atoms with van der Waals surface area (Å²) in [7, 11) is 3.26. The van der Waals surface area contributed by atoms with Crippen molar-refractivity contribution >= 4 is 11.8 Å². The van der Waals surface area contributed by atoms with Gasteiger partial charge in [0, 0.05) is 40.1 Å². The fourth-order valence-corrected chi connectivity index (χ4v) is 2.51. The molecule has 0 aliphatic rings. The standard InChI is InChI=1S/C19H25N3O3/c1-21(15-18(23)20-11-7-13-25-2)19(24)17-10-6-12-22(17)14-16-8-4-3-5-9-16/h3-6,8-10,12H,7,11,13-15H2,1-2H3,(H,20,23).